The summed E-state index contributed by atoms with van der Waals surface area (Å²) >= 11 is 1.66. The van der Waals surface area contributed by atoms with Crippen LogP contribution in [-0.4, -0.2) is 14.7 Å². The lowest BCUT2D eigenvalue weighted by Crippen LogP contribution is -2.02. The van der Waals surface area contributed by atoms with Gasteiger partial charge in [-0.25, -0.2) is 0 Å². The highest BCUT2D eigenvalue weighted by molar-refractivity contribution is 7.99. The van der Waals surface area contributed by atoms with E-state index in [-0.39, 0.29) is 6.61 Å². The van der Waals surface area contributed by atoms with Gasteiger partial charge in [-0.2, -0.15) is 8.42 Å². The Kier molecular flexibility index (Phi) is 4.63. The highest BCUT2D eigenvalue weighted by Crippen LogP contribution is 2.27. The second kappa shape index (κ2) is 6.23. The summed E-state index contributed by atoms with van der Waals surface area (Å²) in [4.78, 5) is 2.27. The van der Waals surface area contributed by atoms with Crippen LogP contribution in [0.4, 0.5) is 0 Å². The first kappa shape index (κ1) is 14.1. The Hall–Kier alpha value is -1.30. The summed E-state index contributed by atoms with van der Waals surface area (Å²) < 4.78 is 26.5. The van der Waals surface area contributed by atoms with Gasteiger partial charge >= 0.3 is 0 Å². The number of hydrogen-bond acceptors (Lipinski definition) is 4. The quantitative estimate of drug-likeness (QED) is 0.794. The molecule has 2 aromatic carbocycles. The van der Waals surface area contributed by atoms with Crippen molar-refractivity contribution in [3.05, 3.63) is 60.2 Å². The Morgan fingerprint density at radius 3 is 2.11 bits per heavy atom. The molecule has 2 rings (SSSR count). The van der Waals surface area contributed by atoms with E-state index >= 15 is 0 Å². The summed E-state index contributed by atoms with van der Waals surface area (Å²) in [5, 5.41) is 0. The van der Waals surface area contributed by atoms with Crippen molar-refractivity contribution in [2.45, 2.75) is 16.4 Å². The minimum atomic E-state index is -3.39. The molecule has 0 saturated carbocycles. The van der Waals surface area contributed by atoms with Gasteiger partial charge in [0.05, 0.1) is 12.9 Å². The minimum Gasteiger partial charge on any atom is -0.265 e. The largest absolute Gasteiger partial charge is 0.265 e. The van der Waals surface area contributed by atoms with E-state index in [1.807, 2.05) is 54.6 Å². The highest BCUT2D eigenvalue weighted by Gasteiger charge is 2.03. The minimum absolute atomic E-state index is 0.0785. The van der Waals surface area contributed by atoms with Gasteiger partial charge in [0.25, 0.3) is 10.1 Å². The van der Waals surface area contributed by atoms with Crippen LogP contribution in [0.3, 0.4) is 0 Å². The first-order chi connectivity index (χ1) is 9.03. The lowest BCUT2D eigenvalue weighted by molar-refractivity contribution is 0.311. The first-order valence-electron chi connectivity index (χ1n) is 5.69. The van der Waals surface area contributed by atoms with Crippen LogP contribution in [0.1, 0.15) is 5.56 Å². The van der Waals surface area contributed by atoms with Gasteiger partial charge in [0.1, 0.15) is 0 Å². The van der Waals surface area contributed by atoms with Gasteiger partial charge in [0.15, 0.2) is 0 Å². The molecule has 0 atom stereocenters. The van der Waals surface area contributed by atoms with Gasteiger partial charge in [0, 0.05) is 9.79 Å². The zero-order valence-corrected chi connectivity index (χ0v) is 12.1. The Morgan fingerprint density at radius 2 is 1.53 bits per heavy atom. The molecule has 0 aliphatic rings. The van der Waals surface area contributed by atoms with E-state index in [4.69, 9.17) is 4.18 Å². The van der Waals surface area contributed by atoms with Crippen molar-refractivity contribution in [2.24, 2.45) is 0 Å². The Morgan fingerprint density at radius 1 is 0.947 bits per heavy atom. The van der Waals surface area contributed by atoms with Crippen molar-refractivity contribution >= 4 is 21.9 Å². The Labute approximate surface area is 117 Å². The zero-order chi connectivity index (χ0) is 13.7. The monoisotopic (exact) mass is 294 g/mol. The number of benzene rings is 2. The lowest BCUT2D eigenvalue weighted by Gasteiger charge is -2.04. The van der Waals surface area contributed by atoms with Gasteiger partial charge in [-0.15, -0.1) is 0 Å². The van der Waals surface area contributed by atoms with Crippen molar-refractivity contribution in [3.63, 3.8) is 0 Å². The lowest BCUT2D eigenvalue weighted by atomic mass is 10.2. The van der Waals surface area contributed by atoms with Crippen LogP contribution in [0.15, 0.2) is 64.4 Å². The summed E-state index contributed by atoms with van der Waals surface area (Å²) in [6, 6.07) is 17.7. The average molecular weight is 294 g/mol. The Balaban J connectivity index is 1.99. The van der Waals surface area contributed by atoms with Crippen molar-refractivity contribution in [1.82, 2.24) is 0 Å². The van der Waals surface area contributed by atoms with Crippen molar-refractivity contribution in [1.29, 1.82) is 0 Å². The molecule has 0 saturated heterocycles. The van der Waals surface area contributed by atoms with Crippen LogP contribution >= 0.6 is 11.8 Å². The first-order valence-corrected chi connectivity index (χ1v) is 8.32. The van der Waals surface area contributed by atoms with E-state index in [2.05, 4.69) is 0 Å². The molecule has 100 valence electrons. The molecule has 2 aromatic rings. The molecule has 0 aromatic heterocycles. The van der Waals surface area contributed by atoms with E-state index in [1.54, 1.807) is 11.8 Å². The molecule has 0 aliphatic carbocycles. The maximum atomic E-state index is 10.9. The molecule has 0 amide bonds. The van der Waals surface area contributed by atoms with Crippen molar-refractivity contribution in [3.8, 4) is 0 Å². The third-order valence-corrected chi connectivity index (χ3v) is 3.90. The maximum Gasteiger partial charge on any atom is 0.264 e. The second-order valence-electron chi connectivity index (χ2n) is 4.03. The van der Waals surface area contributed by atoms with E-state index in [0.29, 0.717) is 0 Å². The van der Waals surface area contributed by atoms with Gasteiger partial charge < -0.3 is 0 Å². The molecule has 0 N–H and O–H groups in total. The molecule has 0 heterocycles. The predicted octanol–water partition coefficient (Wildman–Crippen LogP) is 3.31. The fraction of sp³-hybridized carbons (Fsp3) is 0.143. The van der Waals surface area contributed by atoms with Crippen LogP contribution in [0.25, 0.3) is 0 Å². The summed E-state index contributed by atoms with van der Waals surface area (Å²) in [5.41, 5.74) is 0.836. The van der Waals surface area contributed by atoms with Gasteiger partial charge in [-0.05, 0) is 29.8 Å². The molecule has 0 bridgehead atoms. The average Bonchev–Trinajstić information content (AvgIpc) is 2.38. The van der Waals surface area contributed by atoms with Crippen molar-refractivity contribution < 1.29 is 12.6 Å². The molecule has 0 fully saturated rings. The van der Waals surface area contributed by atoms with Crippen LogP contribution in [-0.2, 0) is 20.9 Å². The second-order valence-corrected chi connectivity index (χ2v) is 6.82. The van der Waals surface area contributed by atoms with Gasteiger partial charge in [0.2, 0.25) is 0 Å². The molecular weight excluding hydrogens is 280 g/mol. The van der Waals surface area contributed by atoms with E-state index in [1.165, 1.54) is 4.90 Å². The Bertz CT molecular complexity index is 620. The standard InChI is InChI=1S/C14H14O3S2/c1-19(15,16)17-11-12-7-9-14(10-8-12)18-13-5-3-2-4-6-13/h2-10H,11H2,1H3. The van der Waals surface area contributed by atoms with Crippen LogP contribution in [0.2, 0.25) is 0 Å². The number of hydrogen-bond donors (Lipinski definition) is 0. The summed E-state index contributed by atoms with van der Waals surface area (Å²) in [5.74, 6) is 0. The zero-order valence-electron chi connectivity index (χ0n) is 10.4. The predicted molar refractivity (Wildman–Crippen MR) is 76.6 cm³/mol. The summed E-state index contributed by atoms with van der Waals surface area (Å²) in [6.07, 6.45) is 1.05. The molecule has 3 nitrogen and oxygen atoms in total. The smallest absolute Gasteiger partial charge is 0.264 e. The van der Waals surface area contributed by atoms with E-state index in [9.17, 15) is 8.42 Å². The molecule has 19 heavy (non-hydrogen) atoms. The molecule has 0 aliphatic heterocycles. The molecular formula is C14H14O3S2. The molecule has 5 heteroatoms. The molecule has 0 spiro atoms. The van der Waals surface area contributed by atoms with Crippen molar-refractivity contribution in [2.75, 3.05) is 6.26 Å². The SMILES string of the molecule is CS(=O)(=O)OCc1ccc(Sc2ccccc2)cc1. The van der Waals surface area contributed by atoms with Crippen LogP contribution in [0.5, 0.6) is 0 Å². The fourth-order valence-corrected chi connectivity index (χ4v) is 2.64. The van der Waals surface area contributed by atoms with Crippen LogP contribution in [0, 0.1) is 0 Å². The molecule has 0 unspecified atom stereocenters. The highest BCUT2D eigenvalue weighted by atomic mass is 32.2. The third kappa shape index (κ3) is 5.06. The maximum absolute atomic E-state index is 10.9. The van der Waals surface area contributed by atoms with Crippen LogP contribution < -0.4 is 0 Å². The normalized spacial score (nSPS) is 11.4. The number of rotatable bonds is 5. The summed E-state index contributed by atoms with van der Waals surface area (Å²) in [7, 11) is -3.39. The summed E-state index contributed by atoms with van der Waals surface area (Å²) in [6.45, 7) is 0.0785. The van der Waals surface area contributed by atoms with Gasteiger partial charge in [-0.1, -0.05) is 42.1 Å². The van der Waals surface area contributed by atoms with E-state index < -0.39 is 10.1 Å². The van der Waals surface area contributed by atoms with Gasteiger partial charge in [-0.3, -0.25) is 4.18 Å². The van der Waals surface area contributed by atoms with E-state index in [0.717, 1.165) is 16.7 Å². The third-order valence-electron chi connectivity index (χ3n) is 2.34. The fourth-order valence-electron chi connectivity index (χ4n) is 1.45. The molecule has 0 radical (unpaired) electrons. The topological polar surface area (TPSA) is 43.4 Å².